The van der Waals surface area contributed by atoms with Gasteiger partial charge in [-0.1, -0.05) is 27.7 Å². The van der Waals surface area contributed by atoms with Crippen molar-refractivity contribution in [1.29, 1.82) is 0 Å². The average molecular weight is 189 g/mol. The van der Waals surface area contributed by atoms with E-state index in [9.17, 15) is 0 Å². The molecule has 0 N–H and O–H groups in total. The number of hydrogen-bond donors (Lipinski definition) is 0. The maximum absolute atomic E-state index is 6.05. The quantitative estimate of drug-likeness (QED) is 0.586. The fraction of sp³-hybridized carbons (Fsp3) is 1.00. The van der Waals surface area contributed by atoms with E-state index in [1.165, 1.54) is 19.3 Å². The van der Waals surface area contributed by atoms with Crippen molar-refractivity contribution in [2.24, 2.45) is 16.7 Å². The summed E-state index contributed by atoms with van der Waals surface area (Å²) in [6.45, 7) is 9.27. The zero-order chi connectivity index (χ0) is 9.41. The van der Waals surface area contributed by atoms with Gasteiger partial charge in [0.05, 0.1) is 0 Å². The van der Waals surface area contributed by atoms with Gasteiger partial charge in [0.2, 0.25) is 0 Å². The molecule has 12 heavy (non-hydrogen) atoms. The minimum atomic E-state index is 0.403. The summed E-state index contributed by atoms with van der Waals surface area (Å²) in [6, 6.07) is 0. The van der Waals surface area contributed by atoms with Crippen LogP contribution in [-0.2, 0) is 0 Å². The van der Waals surface area contributed by atoms with Crippen molar-refractivity contribution < 1.29 is 0 Å². The minimum absolute atomic E-state index is 0.403. The molecule has 0 nitrogen and oxygen atoms in total. The zero-order valence-corrected chi connectivity index (χ0v) is 9.54. The molecule has 0 heterocycles. The van der Waals surface area contributed by atoms with Gasteiger partial charge >= 0.3 is 0 Å². The van der Waals surface area contributed by atoms with E-state index in [4.69, 9.17) is 11.6 Å². The van der Waals surface area contributed by atoms with Crippen LogP contribution in [0.2, 0.25) is 0 Å². The molecule has 0 aromatic heterocycles. The summed E-state index contributed by atoms with van der Waals surface area (Å²) in [5.74, 6) is 1.74. The highest BCUT2D eigenvalue weighted by molar-refractivity contribution is 6.18. The average Bonchev–Trinajstić information content (AvgIpc) is 2.64. The number of rotatable bonds is 3. The van der Waals surface area contributed by atoms with Gasteiger partial charge in [0.15, 0.2) is 0 Å². The predicted molar refractivity (Wildman–Crippen MR) is 55.6 cm³/mol. The first-order valence-electron chi connectivity index (χ1n) is 4.93. The van der Waals surface area contributed by atoms with Gasteiger partial charge in [0, 0.05) is 5.88 Å². The molecule has 1 atom stereocenters. The summed E-state index contributed by atoms with van der Waals surface area (Å²) in [4.78, 5) is 0. The van der Waals surface area contributed by atoms with Gasteiger partial charge in [-0.05, 0) is 36.0 Å². The molecule has 0 aromatic carbocycles. The van der Waals surface area contributed by atoms with Crippen molar-refractivity contribution in [1.82, 2.24) is 0 Å². The maximum Gasteiger partial charge on any atom is 0.0280 e. The zero-order valence-electron chi connectivity index (χ0n) is 8.78. The SMILES string of the molecule is CC(C)(C)CC(C)(CCl)C1CC1. The van der Waals surface area contributed by atoms with Gasteiger partial charge in [-0.2, -0.15) is 0 Å². The number of alkyl halides is 1. The molecule has 72 valence electrons. The molecular formula is C11H21Cl. The van der Waals surface area contributed by atoms with E-state index >= 15 is 0 Å². The third-order valence-electron chi connectivity index (χ3n) is 2.80. The molecule has 1 aliphatic carbocycles. The van der Waals surface area contributed by atoms with E-state index < -0.39 is 0 Å². The molecule has 1 heteroatoms. The number of halogens is 1. The smallest absolute Gasteiger partial charge is 0.0280 e. The van der Waals surface area contributed by atoms with Crippen LogP contribution < -0.4 is 0 Å². The van der Waals surface area contributed by atoms with E-state index in [0.717, 1.165) is 11.8 Å². The molecule has 1 rings (SSSR count). The van der Waals surface area contributed by atoms with Crippen molar-refractivity contribution in [2.75, 3.05) is 5.88 Å². The molecule has 0 spiro atoms. The maximum atomic E-state index is 6.05. The lowest BCUT2D eigenvalue weighted by atomic mass is 9.73. The summed E-state index contributed by atoms with van der Waals surface area (Å²) >= 11 is 6.05. The van der Waals surface area contributed by atoms with E-state index in [-0.39, 0.29) is 0 Å². The molecule has 1 saturated carbocycles. The molecule has 1 aliphatic rings. The Morgan fingerprint density at radius 3 is 1.92 bits per heavy atom. The van der Waals surface area contributed by atoms with Gasteiger partial charge in [0.1, 0.15) is 0 Å². The van der Waals surface area contributed by atoms with Gasteiger partial charge in [0.25, 0.3) is 0 Å². The fourth-order valence-electron chi connectivity index (χ4n) is 2.29. The van der Waals surface area contributed by atoms with Gasteiger partial charge in [-0.15, -0.1) is 11.6 Å². The summed E-state index contributed by atoms with van der Waals surface area (Å²) in [7, 11) is 0. The van der Waals surface area contributed by atoms with Crippen LogP contribution in [0, 0.1) is 16.7 Å². The first-order valence-corrected chi connectivity index (χ1v) is 5.47. The van der Waals surface area contributed by atoms with Crippen LogP contribution in [0.25, 0.3) is 0 Å². The molecule has 0 radical (unpaired) electrons. The van der Waals surface area contributed by atoms with Crippen molar-refractivity contribution in [2.45, 2.75) is 47.0 Å². The van der Waals surface area contributed by atoms with E-state index in [1.54, 1.807) is 0 Å². The van der Waals surface area contributed by atoms with E-state index in [0.29, 0.717) is 10.8 Å². The van der Waals surface area contributed by atoms with Crippen molar-refractivity contribution in [3.8, 4) is 0 Å². The monoisotopic (exact) mass is 188 g/mol. The Morgan fingerprint density at radius 1 is 1.17 bits per heavy atom. The van der Waals surface area contributed by atoms with Crippen molar-refractivity contribution in [3.63, 3.8) is 0 Å². The van der Waals surface area contributed by atoms with Crippen LogP contribution in [0.5, 0.6) is 0 Å². The lowest BCUT2D eigenvalue weighted by molar-refractivity contribution is 0.187. The first kappa shape index (κ1) is 10.4. The lowest BCUT2D eigenvalue weighted by Gasteiger charge is -2.34. The highest BCUT2D eigenvalue weighted by atomic mass is 35.5. The molecular weight excluding hydrogens is 168 g/mol. The van der Waals surface area contributed by atoms with Gasteiger partial charge in [-0.25, -0.2) is 0 Å². The van der Waals surface area contributed by atoms with Crippen LogP contribution >= 0.6 is 11.6 Å². The topological polar surface area (TPSA) is 0 Å². The van der Waals surface area contributed by atoms with Crippen LogP contribution in [-0.4, -0.2) is 5.88 Å². The number of hydrogen-bond acceptors (Lipinski definition) is 0. The fourth-order valence-corrected chi connectivity index (χ4v) is 2.61. The third kappa shape index (κ3) is 2.65. The second-order valence-corrected chi connectivity index (χ2v) is 6.07. The van der Waals surface area contributed by atoms with E-state index in [1.807, 2.05) is 0 Å². The van der Waals surface area contributed by atoms with Crippen molar-refractivity contribution >= 4 is 11.6 Å². The predicted octanol–water partition coefficient (Wildman–Crippen LogP) is 4.08. The van der Waals surface area contributed by atoms with Crippen LogP contribution in [0.3, 0.4) is 0 Å². The third-order valence-corrected chi connectivity index (χ3v) is 3.41. The first-order chi connectivity index (χ1) is 5.37. The lowest BCUT2D eigenvalue weighted by Crippen LogP contribution is -2.27. The summed E-state index contributed by atoms with van der Waals surface area (Å²) < 4.78 is 0. The molecule has 0 aliphatic heterocycles. The Kier molecular flexibility index (Phi) is 2.78. The standard InChI is InChI=1S/C11H21Cl/c1-10(2,3)7-11(4,8-12)9-5-6-9/h9H,5-8H2,1-4H3. The van der Waals surface area contributed by atoms with Crippen LogP contribution in [0.15, 0.2) is 0 Å². The Morgan fingerprint density at radius 2 is 1.67 bits per heavy atom. The molecule has 0 saturated heterocycles. The Bertz CT molecular complexity index is 153. The second kappa shape index (κ2) is 3.21. The Balaban J connectivity index is 2.54. The molecule has 1 fully saturated rings. The van der Waals surface area contributed by atoms with E-state index in [2.05, 4.69) is 27.7 Å². The summed E-state index contributed by atoms with van der Waals surface area (Å²) in [5, 5.41) is 0. The summed E-state index contributed by atoms with van der Waals surface area (Å²) in [5.41, 5.74) is 0.825. The Labute approximate surface area is 81.7 Å². The van der Waals surface area contributed by atoms with Crippen LogP contribution in [0.1, 0.15) is 47.0 Å². The van der Waals surface area contributed by atoms with Gasteiger partial charge in [-0.3, -0.25) is 0 Å². The highest BCUT2D eigenvalue weighted by Gasteiger charge is 2.42. The minimum Gasteiger partial charge on any atom is -0.126 e. The Hall–Kier alpha value is 0.290. The molecule has 0 aromatic rings. The highest BCUT2D eigenvalue weighted by Crippen LogP contribution is 2.51. The molecule has 0 amide bonds. The summed E-state index contributed by atoms with van der Waals surface area (Å²) in [6.07, 6.45) is 4.06. The largest absolute Gasteiger partial charge is 0.126 e. The van der Waals surface area contributed by atoms with Gasteiger partial charge < -0.3 is 0 Å². The molecule has 1 unspecified atom stereocenters. The van der Waals surface area contributed by atoms with Crippen molar-refractivity contribution in [3.05, 3.63) is 0 Å². The normalized spacial score (nSPS) is 23.8. The second-order valence-electron chi connectivity index (χ2n) is 5.80. The molecule has 0 bridgehead atoms. The van der Waals surface area contributed by atoms with Crippen LogP contribution in [0.4, 0.5) is 0 Å².